The molecular formula is C13H16N2O. The van der Waals surface area contributed by atoms with Gasteiger partial charge in [-0.1, -0.05) is 36.8 Å². The number of amides is 1. The molecule has 1 N–H and O–H groups in total. The van der Waals surface area contributed by atoms with Gasteiger partial charge >= 0.3 is 0 Å². The number of carbonyl (C=O) groups excluding carboxylic acids is 1. The van der Waals surface area contributed by atoms with Gasteiger partial charge < -0.3 is 0 Å². The van der Waals surface area contributed by atoms with Crippen LogP contribution in [0.1, 0.15) is 30.7 Å². The fourth-order valence-electron chi connectivity index (χ4n) is 2.86. The summed E-state index contributed by atoms with van der Waals surface area (Å²) in [6, 6.07) is 10.5. The van der Waals surface area contributed by atoms with Gasteiger partial charge in [-0.25, -0.2) is 5.01 Å². The third kappa shape index (κ3) is 1.52. The molecule has 0 radical (unpaired) electrons. The van der Waals surface area contributed by atoms with E-state index in [0.717, 1.165) is 18.5 Å². The first kappa shape index (κ1) is 9.85. The molecule has 1 amide bonds. The molecule has 3 rings (SSSR count). The predicted molar refractivity (Wildman–Crippen MR) is 61.7 cm³/mol. The van der Waals surface area contributed by atoms with Crippen LogP contribution in [-0.2, 0) is 4.79 Å². The number of benzene rings is 1. The first-order chi connectivity index (χ1) is 7.86. The molecule has 3 nitrogen and oxygen atoms in total. The summed E-state index contributed by atoms with van der Waals surface area (Å²) in [6.45, 7) is 1.000. The van der Waals surface area contributed by atoms with Crippen LogP contribution in [0.2, 0.25) is 0 Å². The summed E-state index contributed by atoms with van der Waals surface area (Å²) in [5, 5.41) is 2.13. The highest BCUT2D eigenvalue weighted by Gasteiger charge is 2.42. The van der Waals surface area contributed by atoms with E-state index < -0.39 is 0 Å². The number of carbonyl (C=O) groups is 1. The molecule has 2 aliphatic rings. The van der Waals surface area contributed by atoms with Crippen molar-refractivity contribution in [1.82, 2.24) is 10.4 Å². The van der Waals surface area contributed by atoms with E-state index in [4.69, 9.17) is 0 Å². The summed E-state index contributed by atoms with van der Waals surface area (Å²) in [7, 11) is 0. The molecule has 1 aromatic carbocycles. The number of fused-ring (bicyclic) bond motifs is 1. The zero-order chi connectivity index (χ0) is 11.0. The van der Waals surface area contributed by atoms with Crippen molar-refractivity contribution in [3.05, 3.63) is 35.9 Å². The zero-order valence-electron chi connectivity index (χ0n) is 9.23. The van der Waals surface area contributed by atoms with E-state index in [9.17, 15) is 4.79 Å². The molecule has 0 spiro atoms. The fraction of sp³-hybridized carbons (Fsp3) is 0.462. The molecule has 2 aliphatic heterocycles. The minimum Gasteiger partial charge on any atom is -0.288 e. The van der Waals surface area contributed by atoms with Gasteiger partial charge in [0.05, 0.1) is 5.92 Å². The van der Waals surface area contributed by atoms with Crippen molar-refractivity contribution in [3.63, 3.8) is 0 Å². The minimum atomic E-state index is 0.0292. The predicted octanol–water partition coefficient (Wildman–Crippen LogP) is 1.67. The van der Waals surface area contributed by atoms with Crippen molar-refractivity contribution in [2.45, 2.75) is 31.2 Å². The second kappa shape index (κ2) is 3.91. The van der Waals surface area contributed by atoms with E-state index in [2.05, 4.69) is 22.6 Å². The lowest BCUT2D eigenvalue weighted by atomic mass is 9.87. The maximum absolute atomic E-state index is 12.0. The van der Waals surface area contributed by atoms with E-state index in [1.54, 1.807) is 0 Å². The zero-order valence-corrected chi connectivity index (χ0v) is 9.23. The molecule has 0 bridgehead atoms. The lowest BCUT2D eigenvalue weighted by molar-refractivity contribution is -0.122. The maximum atomic E-state index is 12.0. The molecule has 0 aromatic heterocycles. The molecule has 0 unspecified atom stereocenters. The smallest absolute Gasteiger partial charge is 0.243 e. The number of rotatable bonds is 1. The van der Waals surface area contributed by atoms with Gasteiger partial charge in [-0.05, 0) is 18.4 Å². The Morgan fingerprint density at radius 1 is 1.19 bits per heavy atom. The van der Waals surface area contributed by atoms with Crippen LogP contribution >= 0.6 is 0 Å². The Morgan fingerprint density at radius 3 is 2.81 bits per heavy atom. The topological polar surface area (TPSA) is 32.3 Å². The maximum Gasteiger partial charge on any atom is 0.243 e. The van der Waals surface area contributed by atoms with Gasteiger partial charge in [0, 0.05) is 12.6 Å². The molecule has 16 heavy (non-hydrogen) atoms. The Labute approximate surface area is 95.4 Å². The van der Waals surface area contributed by atoms with E-state index >= 15 is 0 Å². The first-order valence-corrected chi connectivity index (χ1v) is 5.98. The van der Waals surface area contributed by atoms with Crippen molar-refractivity contribution in [2.75, 3.05) is 6.54 Å². The van der Waals surface area contributed by atoms with Gasteiger partial charge in [-0.3, -0.25) is 10.2 Å². The number of hydrazine groups is 1. The Balaban J connectivity index is 1.91. The summed E-state index contributed by atoms with van der Waals surface area (Å²) in [5.41, 5.74) is 4.15. The average Bonchev–Trinajstić information content (AvgIpc) is 2.66. The summed E-state index contributed by atoms with van der Waals surface area (Å²) < 4.78 is 0. The molecule has 84 valence electrons. The van der Waals surface area contributed by atoms with Crippen LogP contribution in [0.5, 0.6) is 0 Å². The first-order valence-electron chi connectivity index (χ1n) is 5.98. The van der Waals surface area contributed by atoms with Gasteiger partial charge in [0.2, 0.25) is 5.91 Å². The Morgan fingerprint density at radius 2 is 2.00 bits per heavy atom. The normalized spacial score (nSPS) is 29.9. The van der Waals surface area contributed by atoms with Gasteiger partial charge in [0.25, 0.3) is 0 Å². The second-order valence-corrected chi connectivity index (χ2v) is 4.62. The Bertz CT molecular complexity index is 390. The van der Waals surface area contributed by atoms with Crippen LogP contribution in [0.25, 0.3) is 0 Å². The van der Waals surface area contributed by atoms with E-state index in [1.165, 1.54) is 12.8 Å². The Hall–Kier alpha value is -1.35. The highest BCUT2D eigenvalue weighted by Crippen LogP contribution is 2.33. The molecule has 1 aromatic rings. The molecule has 2 saturated heterocycles. The van der Waals surface area contributed by atoms with Crippen molar-refractivity contribution in [3.8, 4) is 0 Å². The third-order valence-electron chi connectivity index (χ3n) is 3.63. The fourth-order valence-corrected chi connectivity index (χ4v) is 2.86. The van der Waals surface area contributed by atoms with Crippen molar-refractivity contribution in [2.24, 2.45) is 0 Å². The van der Waals surface area contributed by atoms with Gasteiger partial charge in [-0.15, -0.1) is 0 Å². The van der Waals surface area contributed by atoms with Crippen LogP contribution in [0.15, 0.2) is 30.3 Å². The summed E-state index contributed by atoms with van der Waals surface area (Å²) in [6.07, 6.45) is 3.55. The SMILES string of the molecule is O=C1NN2CCCC[C@@H]2[C@@H]1c1ccccc1. The summed E-state index contributed by atoms with van der Waals surface area (Å²) in [4.78, 5) is 12.0. The molecule has 0 saturated carbocycles. The summed E-state index contributed by atoms with van der Waals surface area (Å²) in [5.74, 6) is 0.194. The number of nitrogens with zero attached hydrogens (tertiary/aromatic N) is 1. The average molecular weight is 216 g/mol. The van der Waals surface area contributed by atoms with Crippen LogP contribution in [0, 0.1) is 0 Å². The van der Waals surface area contributed by atoms with Gasteiger partial charge in [-0.2, -0.15) is 0 Å². The Kier molecular flexibility index (Phi) is 2.40. The molecular weight excluding hydrogens is 200 g/mol. The van der Waals surface area contributed by atoms with Gasteiger partial charge in [0.1, 0.15) is 0 Å². The summed E-state index contributed by atoms with van der Waals surface area (Å²) >= 11 is 0. The van der Waals surface area contributed by atoms with E-state index in [-0.39, 0.29) is 11.8 Å². The highest BCUT2D eigenvalue weighted by molar-refractivity contribution is 5.86. The number of hydrogen-bond donors (Lipinski definition) is 1. The second-order valence-electron chi connectivity index (χ2n) is 4.62. The van der Waals surface area contributed by atoms with Crippen LogP contribution < -0.4 is 5.43 Å². The quantitative estimate of drug-likeness (QED) is 0.774. The van der Waals surface area contributed by atoms with Gasteiger partial charge in [0.15, 0.2) is 0 Å². The molecule has 2 atom stereocenters. The molecule has 2 heterocycles. The van der Waals surface area contributed by atoms with Crippen molar-refractivity contribution < 1.29 is 4.79 Å². The molecule has 0 aliphatic carbocycles. The largest absolute Gasteiger partial charge is 0.288 e. The van der Waals surface area contributed by atoms with Crippen molar-refractivity contribution >= 4 is 5.91 Å². The highest BCUT2D eigenvalue weighted by atomic mass is 16.2. The van der Waals surface area contributed by atoms with Crippen molar-refractivity contribution in [1.29, 1.82) is 0 Å². The number of piperidine rings is 1. The van der Waals surface area contributed by atoms with E-state index in [0.29, 0.717) is 6.04 Å². The van der Waals surface area contributed by atoms with Crippen LogP contribution in [0.3, 0.4) is 0 Å². The minimum absolute atomic E-state index is 0.0292. The lowest BCUT2D eigenvalue weighted by Crippen LogP contribution is -2.41. The number of nitrogens with one attached hydrogen (secondary N) is 1. The molecule has 3 heteroatoms. The van der Waals surface area contributed by atoms with Crippen LogP contribution in [-0.4, -0.2) is 23.5 Å². The molecule has 2 fully saturated rings. The van der Waals surface area contributed by atoms with Crippen LogP contribution in [0.4, 0.5) is 0 Å². The monoisotopic (exact) mass is 216 g/mol. The number of hydrogen-bond acceptors (Lipinski definition) is 2. The lowest BCUT2D eigenvalue weighted by Gasteiger charge is -2.30. The third-order valence-corrected chi connectivity index (χ3v) is 3.63. The van der Waals surface area contributed by atoms with E-state index in [1.807, 2.05) is 18.2 Å². The standard InChI is InChI=1S/C13H16N2O/c16-13-12(10-6-2-1-3-7-10)11-8-4-5-9-15(11)14-13/h1-3,6-7,11-12H,4-5,8-9H2,(H,14,16)/t11-,12+/m1/s1.